The molecule has 43 heavy (non-hydrogen) atoms. The molecule has 3 rings (SSSR count). The summed E-state index contributed by atoms with van der Waals surface area (Å²) in [5.41, 5.74) is 5.20. The van der Waals surface area contributed by atoms with Crippen LogP contribution in [0.5, 0.6) is 11.5 Å². The maximum absolute atomic E-state index is 11.1. The Bertz CT molecular complexity index is 1030. The molecule has 0 bridgehead atoms. The van der Waals surface area contributed by atoms with Crippen molar-refractivity contribution in [2.75, 3.05) is 65.7 Å². The predicted molar refractivity (Wildman–Crippen MR) is 168 cm³/mol. The standard InChI is InChI=1S/C32H53N5O6/c1-23-5-7-25(31(42)29(23)15-34-27(19-38)20-39)17-36-11-3-9-33-10-14-37(13-4-12-36)18-26-8-6-24(2)30(32(26)43)16-35-28(21-40)22-41/h5-8,27-28,33-35,38-43H,3-4,9-22H2,1-2H3. The van der Waals surface area contributed by atoms with E-state index in [9.17, 15) is 30.6 Å². The minimum absolute atomic E-state index is 0.174. The van der Waals surface area contributed by atoms with Crippen molar-refractivity contribution in [3.8, 4) is 11.5 Å². The number of phenols is 2. The molecule has 0 radical (unpaired) electrons. The van der Waals surface area contributed by atoms with Gasteiger partial charge >= 0.3 is 0 Å². The second kappa shape index (κ2) is 18.5. The summed E-state index contributed by atoms with van der Waals surface area (Å²) in [6.07, 6.45) is 1.93. The molecular weight excluding hydrogens is 550 g/mol. The van der Waals surface area contributed by atoms with Crippen LogP contribution in [-0.2, 0) is 26.2 Å². The van der Waals surface area contributed by atoms with E-state index in [4.69, 9.17) is 0 Å². The lowest BCUT2D eigenvalue weighted by atomic mass is 10.0. The molecule has 0 saturated carbocycles. The molecule has 1 aliphatic heterocycles. The molecule has 1 aliphatic rings. The Balaban J connectivity index is 1.66. The van der Waals surface area contributed by atoms with Gasteiger partial charge in [0.2, 0.25) is 0 Å². The number of benzene rings is 2. The lowest BCUT2D eigenvalue weighted by Crippen LogP contribution is -2.35. The summed E-state index contributed by atoms with van der Waals surface area (Å²) in [6.45, 7) is 10.4. The summed E-state index contributed by atoms with van der Waals surface area (Å²) in [4.78, 5) is 4.73. The Morgan fingerprint density at radius 1 is 0.651 bits per heavy atom. The molecule has 242 valence electrons. The van der Waals surface area contributed by atoms with Gasteiger partial charge in [-0.3, -0.25) is 9.80 Å². The summed E-state index contributed by atoms with van der Waals surface area (Å²) in [7, 11) is 0. The lowest BCUT2D eigenvalue weighted by Gasteiger charge is -2.26. The average molecular weight is 604 g/mol. The zero-order valence-electron chi connectivity index (χ0n) is 25.9. The van der Waals surface area contributed by atoms with Crippen LogP contribution in [0.4, 0.5) is 0 Å². The number of nitrogens with one attached hydrogen (secondary N) is 3. The van der Waals surface area contributed by atoms with Gasteiger partial charge in [-0.1, -0.05) is 24.3 Å². The first kappa shape index (κ1) is 35.2. The number of aliphatic hydroxyl groups excluding tert-OH is 4. The van der Waals surface area contributed by atoms with E-state index < -0.39 is 12.1 Å². The molecule has 11 nitrogen and oxygen atoms in total. The molecule has 1 heterocycles. The molecule has 9 N–H and O–H groups in total. The van der Waals surface area contributed by atoms with Gasteiger partial charge in [0.25, 0.3) is 0 Å². The van der Waals surface area contributed by atoms with E-state index in [1.54, 1.807) is 0 Å². The van der Waals surface area contributed by atoms with E-state index in [0.717, 1.165) is 85.5 Å². The molecule has 0 amide bonds. The van der Waals surface area contributed by atoms with Gasteiger partial charge in [-0.05, 0) is 64.0 Å². The summed E-state index contributed by atoms with van der Waals surface area (Å²) in [5.74, 6) is 0.524. The number of hydrogen-bond donors (Lipinski definition) is 9. The Morgan fingerprint density at radius 3 is 1.56 bits per heavy atom. The third kappa shape index (κ3) is 10.7. The number of rotatable bonds is 14. The van der Waals surface area contributed by atoms with Gasteiger partial charge in [-0.25, -0.2) is 0 Å². The SMILES string of the molecule is Cc1ccc(CN2CCCNCCN(Cc3ccc(C)c(CNC(CO)CO)c3O)CCC2)c(O)c1CNC(CO)CO. The summed E-state index contributed by atoms with van der Waals surface area (Å²) in [6, 6.07) is 7.12. The molecule has 0 unspecified atom stereocenters. The Kier molecular flexibility index (Phi) is 15.1. The molecule has 0 spiro atoms. The van der Waals surface area contributed by atoms with Gasteiger partial charge in [0.1, 0.15) is 11.5 Å². The van der Waals surface area contributed by atoms with Gasteiger partial charge < -0.3 is 46.6 Å². The van der Waals surface area contributed by atoms with Crippen molar-refractivity contribution in [3.05, 3.63) is 57.6 Å². The van der Waals surface area contributed by atoms with Crippen molar-refractivity contribution >= 4 is 0 Å². The maximum Gasteiger partial charge on any atom is 0.124 e. The third-order valence-electron chi connectivity index (χ3n) is 8.39. The third-order valence-corrected chi connectivity index (χ3v) is 8.39. The molecule has 2 aromatic rings. The minimum Gasteiger partial charge on any atom is -0.507 e. The number of nitrogens with zero attached hydrogens (tertiary/aromatic N) is 2. The predicted octanol–water partition coefficient (Wildman–Crippen LogP) is 0.288. The average Bonchev–Trinajstić information content (AvgIpc) is 3.05. The van der Waals surface area contributed by atoms with Gasteiger partial charge in [-0.2, -0.15) is 0 Å². The largest absolute Gasteiger partial charge is 0.507 e. The smallest absolute Gasteiger partial charge is 0.124 e. The van der Waals surface area contributed by atoms with Crippen LogP contribution in [0, 0.1) is 13.8 Å². The van der Waals surface area contributed by atoms with Crippen LogP contribution in [0.25, 0.3) is 0 Å². The molecule has 0 atom stereocenters. The quantitative estimate of drug-likeness (QED) is 0.146. The van der Waals surface area contributed by atoms with E-state index in [2.05, 4.69) is 25.8 Å². The summed E-state index contributed by atoms with van der Waals surface area (Å²) >= 11 is 0. The van der Waals surface area contributed by atoms with Gasteiger partial charge in [0, 0.05) is 61.5 Å². The molecule has 2 aromatic carbocycles. The van der Waals surface area contributed by atoms with Gasteiger partial charge in [0.15, 0.2) is 0 Å². The maximum atomic E-state index is 11.1. The van der Waals surface area contributed by atoms with E-state index in [0.29, 0.717) is 26.2 Å². The van der Waals surface area contributed by atoms with Crippen molar-refractivity contribution < 1.29 is 30.6 Å². The summed E-state index contributed by atoms with van der Waals surface area (Å²) < 4.78 is 0. The molecular formula is C32H53N5O6. The highest BCUT2D eigenvalue weighted by molar-refractivity contribution is 5.46. The van der Waals surface area contributed by atoms with Crippen molar-refractivity contribution in [1.29, 1.82) is 0 Å². The molecule has 1 saturated heterocycles. The van der Waals surface area contributed by atoms with Crippen LogP contribution in [0.15, 0.2) is 24.3 Å². The second-order valence-corrected chi connectivity index (χ2v) is 11.6. The lowest BCUT2D eigenvalue weighted by molar-refractivity contribution is 0.169. The van der Waals surface area contributed by atoms with Crippen molar-refractivity contribution in [2.45, 2.75) is 65.0 Å². The highest BCUT2D eigenvalue weighted by Gasteiger charge is 2.18. The normalized spacial score (nSPS) is 16.2. The topological polar surface area (TPSA) is 164 Å². The number of hydrogen-bond acceptors (Lipinski definition) is 11. The molecule has 11 heteroatoms. The van der Waals surface area contributed by atoms with Crippen LogP contribution < -0.4 is 16.0 Å². The fourth-order valence-corrected chi connectivity index (χ4v) is 5.47. The van der Waals surface area contributed by atoms with Crippen LogP contribution >= 0.6 is 0 Å². The molecule has 0 aromatic heterocycles. The Labute approximate surface area is 256 Å². The molecule has 1 fully saturated rings. The van der Waals surface area contributed by atoms with Crippen LogP contribution in [-0.4, -0.2) is 118 Å². The monoisotopic (exact) mass is 603 g/mol. The first-order valence-corrected chi connectivity index (χ1v) is 15.5. The van der Waals surface area contributed by atoms with E-state index >= 15 is 0 Å². The highest BCUT2D eigenvalue weighted by Crippen LogP contribution is 2.29. The first-order chi connectivity index (χ1) is 20.8. The second-order valence-electron chi connectivity index (χ2n) is 11.6. The van der Waals surface area contributed by atoms with E-state index in [1.807, 2.05) is 38.1 Å². The fraction of sp³-hybridized carbons (Fsp3) is 0.625. The first-order valence-electron chi connectivity index (χ1n) is 15.5. The highest BCUT2D eigenvalue weighted by atomic mass is 16.3. The number of aliphatic hydroxyl groups is 4. The Morgan fingerprint density at radius 2 is 1.09 bits per heavy atom. The zero-order chi connectivity index (χ0) is 31.2. The van der Waals surface area contributed by atoms with Crippen molar-refractivity contribution in [1.82, 2.24) is 25.8 Å². The summed E-state index contributed by atoms with van der Waals surface area (Å²) in [5, 5.41) is 69.6. The van der Waals surface area contributed by atoms with Gasteiger partial charge in [0.05, 0.1) is 38.5 Å². The van der Waals surface area contributed by atoms with Gasteiger partial charge in [-0.15, -0.1) is 0 Å². The van der Waals surface area contributed by atoms with Crippen molar-refractivity contribution in [3.63, 3.8) is 0 Å². The minimum atomic E-state index is -0.433. The van der Waals surface area contributed by atoms with Crippen LogP contribution in [0.2, 0.25) is 0 Å². The Hall–Kier alpha value is -2.32. The van der Waals surface area contributed by atoms with Crippen LogP contribution in [0.3, 0.4) is 0 Å². The fourth-order valence-electron chi connectivity index (χ4n) is 5.47. The number of aryl methyl sites for hydroxylation is 2. The van der Waals surface area contributed by atoms with E-state index in [-0.39, 0.29) is 37.9 Å². The van der Waals surface area contributed by atoms with E-state index in [1.165, 1.54) is 0 Å². The number of aromatic hydroxyl groups is 2. The molecule has 0 aliphatic carbocycles. The van der Waals surface area contributed by atoms with Crippen LogP contribution in [0.1, 0.15) is 46.2 Å². The van der Waals surface area contributed by atoms with Crippen molar-refractivity contribution in [2.24, 2.45) is 0 Å². The number of phenolic OH excluding ortho intramolecular Hbond substituents is 2. The zero-order valence-corrected chi connectivity index (χ0v) is 25.9.